The fourth-order valence-corrected chi connectivity index (χ4v) is 7.01. The number of rotatable bonds is 8. The van der Waals surface area contributed by atoms with E-state index in [0.717, 1.165) is 20.5 Å². The van der Waals surface area contributed by atoms with Crippen molar-refractivity contribution < 1.29 is 23.2 Å². The van der Waals surface area contributed by atoms with Crippen LogP contribution in [0, 0.1) is 6.92 Å². The Morgan fingerprint density at radius 3 is 2.49 bits per heavy atom. The Balaban J connectivity index is 1.71. The Kier molecular flexibility index (Phi) is 7.34. The van der Waals surface area contributed by atoms with Crippen LogP contribution in [0.2, 0.25) is 0 Å². The number of aryl methyl sites for hydroxylation is 1. The summed E-state index contributed by atoms with van der Waals surface area (Å²) in [7, 11) is -2.67. The summed E-state index contributed by atoms with van der Waals surface area (Å²) in [6, 6.07) is 22.9. The second-order valence-electron chi connectivity index (χ2n) is 8.83. The highest BCUT2D eigenvalue weighted by atomic mass is 32.2. The van der Waals surface area contributed by atoms with Crippen LogP contribution < -0.4 is 14.5 Å². The number of sulfonamides is 1. The van der Waals surface area contributed by atoms with Gasteiger partial charge in [-0.05, 0) is 83.6 Å². The number of hydroxylamine groups is 1. The van der Waals surface area contributed by atoms with Gasteiger partial charge in [-0.25, -0.2) is 13.9 Å². The van der Waals surface area contributed by atoms with Crippen LogP contribution in [-0.4, -0.2) is 31.6 Å². The van der Waals surface area contributed by atoms with E-state index in [1.54, 1.807) is 66.5 Å². The van der Waals surface area contributed by atoms with Crippen molar-refractivity contribution in [3.63, 3.8) is 0 Å². The Labute approximate surface area is 230 Å². The molecule has 0 radical (unpaired) electrons. The van der Waals surface area contributed by atoms with E-state index < -0.39 is 15.9 Å². The summed E-state index contributed by atoms with van der Waals surface area (Å²) in [6.07, 6.45) is 3.17. The molecule has 2 N–H and O–H groups in total. The summed E-state index contributed by atoms with van der Waals surface area (Å²) in [6.45, 7) is 1.66. The number of nitrogens with one attached hydrogen (secondary N) is 1. The van der Waals surface area contributed by atoms with Gasteiger partial charge in [0.2, 0.25) is 0 Å². The summed E-state index contributed by atoms with van der Waals surface area (Å²) in [5.74, 6) is -0.311. The molecule has 10 heteroatoms. The molecule has 0 unspecified atom stereocenters. The maximum Gasteiger partial charge on any atom is 0.276 e. The summed E-state index contributed by atoms with van der Waals surface area (Å²) in [4.78, 5) is 18.1. The number of ether oxygens (including phenoxy) is 1. The highest BCUT2D eigenvalue weighted by Crippen LogP contribution is 2.39. The molecule has 0 fully saturated rings. The standard InChI is InChI=1S/C29H25N3O5S2/c1-19-14-22(27-16-21-7-3-4-8-26(21)38-27)15-25(29(33)31-34)28(19)32(18-20-6-5-13-30-17-20)39(35,36)24-11-9-23(37-2)10-12-24/h3-17,34H,18H2,1-2H3,(H,31,33). The number of methoxy groups -OCH3 is 1. The van der Waals surface area contributed by atoms with E-state index in [2.05, 4.69) is 4.98 Å². The van der Waals surface area contributed by atoms with Crippen molar-refractivity contribution in [1.29, 1.82) is 0 Å². The molecule has 5 rings (SSSR count). The van der Waals surface area contributed by atoms with Gasteiger partial charge in [0.15, 0.2) is 0 Å². The smallest absolute Gasteiger partial charge is 0.276 e. The highest BCUT2D eigenvalue weighted by Gasteiger charge is 2.31. The first-order valence-electron chi connectivity index (χ1n) is 12.0. The molecule has 198 valence electrons. The van der Waals surface area contributed by atoms with Crippen molar-refractivity contribution in [3.8, 4) is 16.2 Å². The third-order valence-corrected chi connectivity index (χ3v) is 9.23. The molecule has 0 saturated heterocycles. The molecule has 0 aliphatic heterocycles. The fraction of sp³-hybridized carbons (Fsp3) is 0.103. The lowest BCUT2D eigenvalue weighted by Gasteiger charge is -2.28. The second-order valence-corrected chi connectivity index (χ2v) is 11.8. The molecular weight excluding hydrogens is 534 g/mol. The quantitative estimate of drug-likeness (QED) is 0.184. The van der Waals surface area contributed by atoms with E-state index in [9.17, 15) is 18.4 Å². The number of anilines is 1. The molecule has 0 atom stereocenters. The lowest BCUT2D eigenvalue weighted by Crippen LogP contribution is -2.34. The number of hydrogen-bond donors (Lipinski definition) is 2. The number of carbonyl (C=O) groups is 1. The van der Waals surface area contributed by atoms with Crippen LogP contribution >= 0.6 is 11.3 Å². The molecule has 0 saturated carbocycles. The molecule has 5 aromatic rings. The van der Waals surface area contributed by atoms with Crippen molar-refractivity contribution in [2.75, 3.05) is 11.4 Å². The number of aromatic nitrogens is 1. The van der Waals surface area contributed by atoms with Crippen molar-refractivity contribution in [2.24, 2.45) is 0 Å². The van der Waals surface area contributed by atoms with Crippen molar-refractivity contribution in [3.05, 3.63) is 108 Å². The van der Waals surface area contributed by atoms with Gasteiger partial charge < -0.3 is 4.74 Å². The Bertz CT molecular complexity index is 1720. The van der Waals surface area contributed by atoms with E-state index in [1.165, 1.54) is 23.5 Å². The van der Waals surface area contributed by atoms with Crippen LogP contribution in [0.5, 0.6) is 5.75 Å². The third-order valence-electron chi connectivity index (χ3n) is 6.30. The molecule has 3 aromatic carbocycles. The first-order valence-corrected chi connectivity index (χ1v) is 14.2. The molecule has 39 heavy (non-hydrogen) atoms. The molecule has 1 amide bonds. The monoisotopic (exact) mass is 559 g/mol. The predicted octanol–water partition coefficient (Wildman–Crippen LogP) is 5.79. The van der Waals surface area contributed by atoms with Crippen molar-refractivity contribution >= 4 is 43.0 Å². The number of hydrogen-bond acceptors (Lipinski definition) is 7. The van der Waals surface area contributed by atoms with E-state index in [1.807, 2.05) is 36.4 Å². The van der Waals surface area contributed by atoms with Gasteiger partial charge >= 0.3 is 0 Å². The third kappa shape index (κ3) is 5.22. The summed E-state index contributed by atoms with van der Waals surface area (Å²) in [5, 5.41) is 10.7. The normalized spacial score (nSPS) is 11.4. The number of benzene rings is 3. The first-order chi connectivity index (χ1) is 18.8. The van der Waals surface area contributed by atoms with Crippen molar-refractivity contribution in [1.82, 2.24) is 10.5 Å². The number of amides is 1. The van der Waals surface area contributed by atoms with Gasteiger partial charge in [0.05, 0.1) is 29.8 Å². The van der Waals surface area contributed by atoms with Gasteiger partial charge in [-0.2, -0.15) is 0 Å². The number of carbonyl (C=O) groups excluding carboxylic acids is 1. The van der Waals surface area contributed by atoms with E-state index in [4.69, 9.17) is 4.74 Å². The fourth-order valence-electron chi connectivity index (χ4n) is 4.43. The zero-order valence-electron chi connectivity index (χ0n) is 21.2. The largest absolute Gasteiger partial charge is 0.497 e. The number of nitrogens with zero attached hydrogens (tertiary/aromatic N) is 2. The average molecular weight is 560 g/mol. The second kappa shape index (κ2) is 10.9. The predicted molar refractivity (Wildman–Crippen MR) is 152 cm³/mol. The maximum atomic E-state index is 14.1. The van der Waals surface area contributed by atoms with Crippen LogP contribution in [-0.2, 0) is 16.6 Å². The number of thiophene rings is 1. The molecule has 2 aromatic heterocycles. The number of pyridine rings is 1. The minimum atomic E-state index is -4.17. The molecular formula is C29H25N3O5S2. The Morgan fingerprint density at radius 2 is 1.82 bits per heavy atom. The van der Waals surface area contributed by atoms with Gasteiger partial charge in [0.1, 0.15) is 5.75 Å². The lowest BCUT2D eigenvalue weighted by atomic mass is 10.0. The minimum Gasteiger partial charge on any atom is -0.497 e. The van der Waals surface area contributed by atoms with E-state index in [0.29, 0.717) is 16.9 Å². The van der Waals surface area contributed by atoms with Gasteiger partial charge in [-0.3, -0.25) is 19.3 Å². The van der Waals surface area contributed by atoms with E-state index >= 15 is 0 Å². The summed E-state index contributed by atoms with van der Waals surface area (Å²) in [5.41, 5.74) is 3.78. The molecule has 8 nitrogen and oxygen atoms in total. The van der Waals surface area contributed by atoms with Crippen molar-refractivity contribution in [2.45, 2.75) is 18.4 Å². The van der Waals surface area contributed by atoms with Crippen LogP contribution in [0.25, 0.3) is 20.5 Å². The van der Waals surface area contributed by atoms with Gasteiger partial charge in [0.25, 0.3) is 15.9 Å². The highest BCUT2D eigenvalue weighted by molar-refractivity contribution is 7.92. The molecule has 0 aliphatic carbocycles. The molecule has 0 spiro atoms. The Morgan fingerprint density at radius 1 is 1.05 bits per heavy atom. The van der Waals surface area contributed by atoms with E-state index in [-0.39, 0.29) is 22.7 Å². The van der Waals surface area contributed by atoms with Crippen LogP contribution in [0.15, 0.2) is 96.2 Å². The van der Waals surface area contributed by atoms with Crippen LogP contribution in [0.1, 0.15) is 21.5 Å². The lowest BCUT2D eigenvalue weighted by molar-refractivity contribution is 0.0707. The average Bonchev–Trinajstić information content (AvgIpc) is 3.40. The SMILES string of the molecule is COc1ccc(S(=O)(=O)N(Cc2cccnc2)c2c(C)cc(-c3cc4ccccc4s3)cc2C(=O)NO)cc1. The maximum absolute atomic E-state index is 14.1. The molecule has 0 bridgehead atoms. The molecule has 2 heterocycles. The van der Waals surface area contributed by atoms with Gasteiger partial charge in [-0.1, -0.05) is 24.3 Å². The zero-order valence-corrected chi connectivity index (χ0v) is 22.8. The number of fused-ring (bicyclic) bond motifs is 1. The first kappa shape index (κ1) is 26.4. The Hall–Kier alpha value is -4.25. The topological polar surface area (TPSA) is 109 Å². The van der Waals surface area contributed by atoms with Crippen LogP contribution in [0.4, 0.5) is 5.69 Å². The zero-order chi connectivity index (χ0) is 27.6. The summed E-state index contributed by atoms with van der Waals surface area (Å²) >= 11 is 1.56. The van der Waals surface area contributed by atoms with Gasteiger partial charge in [0, 0.05) is 22.0 Å². The minimum absolute atomic E-state index is 0.0194. The van der Waals surface area contributed by atoms with Gasteiger partial charge in [-0.15, -0.1) is 11.3 Å². The summed E-state index contributed by atoms with van der Waals surface area (Å²) < 4.78 is 35.6. The molecule has 0 aliphatic rings. The van der Waals surface area contributed by atoms with Crippen LogP contribution in [0.3, 0.4) is 0 Å².